The van der Waals surface area contributed by atoms with Crippen molar-refractivity contribution in [3.05, 3.63) is 23.2 Å². The average Bonchev–Trinajstić information content (AvgIpc) is 2.70. The van der Waals surface area contributed by atoms with Crippen LogP contribution < -0.4 is 5.32 Å². The van der Waals surface area contributed by atoms with Crippen LogP contribution in [-0.4, -0.2) is 39.7 Å². The SMILES string of the molecule is Cc1cc(CN2CCS(=O)CC2)oc1CNC(C)C. The van der Waals surface area contributed by atoms with Gasteiger partial charge >= 0.3 is 0 Å². The Morgan fingerprint density at radius 1 is 1.42 bits per heavy atom. The molecule has 2 rings (SSSR count). The second kappa shape index (κ2) is 6.68. The molecule has 0 spiro atoms. The van der Waals surface area contributed by atoms with Crippen LogP contribution in [0.1, 0.15) is 30.9 Å². The summed E-state index contributed by atoms with van der Waals surface area (Å²) in [5.41, 5.74) is 1.21. The lowest BCUT2D eigenvalue weighted by molar-refractivity contribution is 0.261. The summed E-state index contributed by atoms with van der Waals surface area (Å²) in [5, 5.41) is 3.38. The van der Waals surface area contributed by atoms with Gasteiger partial charge in [0.1, 0.15) is 11.5 Å². The van der Waals surface area contributed by atoms with Gasteiger partial charge in [-0.2, -0.15) is 0 Å². The van der Waals surface area contributed by atoms with Crippen molar-refractivity contribution in [3.8, 4) is 0 Å². The zero-order valence-corrected chi connectivity index (χ0v) is 12.9. The van der Waals surface area contributed by atoms with Gasteiger partial charge in [-0.3, -0.25) is 9.11 Å². The summed E-state index contributed by atoms with van der Waals surface area (Å²) >= 11 is 0. The lowest BCUT2D eigenvalue weighted by Gasteiger charge is -2.24. The smallest absolute Gasteiger partial charge is 0.120 e. The first-order valence-corrected chi connectivity index (χ1v) is 8.42. The molecule has 0 atom stereocenters. The largest absolute Gasteiger partial charge is 0.463 e. The number of rotatable bonds is 5. The molecule has 0 aliphatic carbocycles. The Morgan fingerprint density at radius 2 is 2.11 bits per heavy atom. The Bertz CT molecular complexity index is 433. The van der Waals surface area contributed by atoms with Crippen LogP contribution in [0.3, 0.4) is 0 Å². The summed E-state index contributed by atoms with van der Waals surface area (Å²) in [4.78, 5) is 2.32. The van der Waals surface area contributed by atoms with Crippen molar-refractivity contribution in [1.82, 2.24) is 10.2 Å². The van der Waals surface area contributed by atoms with Crippen LogP contribution in [0.2, 0.25) is 0 Å². The van der Waals surface area contributed by atoms with Crippen molar-refractivity contribution in [2.24, 2.45) is 0 Å². The lowest BCUT2D eigenvalue weighted by Crippen LogP contribution is -2.37. The molecule has 0 aromatic carbocycles. The Balaban J connectivity index is 1.90. The highest BCUT2D eigenvalue weighted by Gasteiger charge is 2.17. The van der Waals surface area contributed by atoms with E-state index >= 15 is 0 Å². The predicted molar refractivity (Wildman–Crippen MR) is 78.6 cm³/mol. The van der Waals surface area contributed by atoms with Crippen molar-refractivity contribution >= 4 is 10.8 Å². The molecule has 1 aromatic rings. The van der Waals surface area contributed by atoms with E-state index in [2.05, 4.69) is 37.1 Å². The van der Waals surface area contributed by atoms with Gasteiger partial charge in [-0.25, -0.2) is 0 Å². The Hall–Kier alpha value is -0.650. The molecule has 0 unspecified atom stereocenters. The van der Waals surface area contributed by atoms with Gasteiger partial charge in [0.25, 0.3) is 0 Å². The Labute approximate surface area is 118 Å². The third-order valence-electron chi connectivity index (χ3n) is 3.39. The third kappa shape index (κ3) is 4.44. The highest BCUT2D eigenvalue weighted by molar-refractivity contribution is 7.85. The number of nitrogens with zero attached hydrogens (tertiary/aromatic N) is 1. The van der Waals surface area contributed by atoms with Gasteiger partial charge in [-0.05, 0) is 18.6 Å². The van der Waals surface area contributed by atoms with E-state index in [1.54, 1.807) is 0 Å². The average molecular weight is 284 g/mol. The summed E-state index contributed by atoms with van der Waals surface area (Å²) in [7, 11) is -0.609. The van der Waals surface area contributed by atoms with Gasteiger partial charge in [-0.1, -0.05) is 13.8 Å². The summed E-state index contributed by atoms with van der Waals surface area (Å²) in [6.07, 6.45) is 0. The maximum Gasteiger partial charge on any atom is 0.120 e. The van der Waals surface area contributed by atoms with Gasteiger partial charge in [0, 0.05) is 41.4 Å². The molecule has 1 aliphatic rings. The molecule has 1 aliphatic heterocycles. The lowest BCUT2D eigenvalue weighted by atomic mass is 10.2. The molecule has 0 radical (unpaired) electrons. The van der Waals surface area contributed by atoms with Gasteiger partial charge in [0.2, 0.25) is 0 Å². The van der Waals surface area contributed by atoms with E-state index in [1.165, 1.54) is 5.56 Å². The van der Waals surface area contributed by atoms with Crippen molar-refractivity contribution in [1.29, 1.82) is 0 Å². The van der Waals surface area contributed by atoms with E-state index in [0.717, 1.165) is 49.2 Å². The first-order valence-electron chi connectivity index (χ1n) is 6.93. The molecule has 2 heterocycles. The monoisotopic (exact) mass is 284 g/mol. The molecule has 0 bridgehead atoms. The minimum absolute atomic E-state index is 0.463. The van der Waals surface area contributed by atoms with Gasteiger partial charge in [0.15, 0.2) is 0 Å². The maximum absolute atomic E-state index is 11.3. The summed E-state index contributed by atoms with van der Waals surface area (Å²) in [6.45, 7) is 9.79. The number of hydrogen-bond acceptors (Lipinski definition) is 4. The van der Waals surface area contributed by atoms with Gasteiger partial charge in [0.05, 0.1) is 13.1 Å². The summed E-state index contributed by atoms with van der Waals surface area (Å²) < 4.78 is 17.2. The number of nitrogens with one attached hydrogen (secondary N) is 1. The molecule has 19 heavy (non-hydrogen) atoms. The number of furan rings is 1. The third-order valence-corrected chi connectivity index (χ3v) is 4.67. The van der Waals surface area contributed by atoms with E-state index in [-0.39, 0.29) is 0 Å². The standard InChI is InChI=1S/C14H24N2O2S/c1-11(2)15-9-14-12(3)8-13(18-14)10-16-4-6-19(17)7-5-16/h8,11,15H,4-7,9-10H2,1-3H3. The van der Waals surface area contributed by atoms with Gasteiger partial charge < -0.3 is 9.73 Å². The van der Waals surface area contributed by atoms with Crippen LogP contribution in [0.4, 0.5) is 0 Å². The van der Waals surface area contributed by atoms with E-state index in [9.17, 15) is 4.21 Å². The maximum atomic E-state index is 11.3. The normalized spacial score (nSPS) is 18.3. The van der Waals surface area contributed by atoms with Crippen molar-refractivity contribution < 1.29 is 8.63 Å². The van der Waals surface area contributed by atoms with Crippen molar-refractivity contribution in [2.75, 3.05) is 24.6 Å². The molecule has 1 aromatic heterocycles. The second-order valence-corrected chi connectivity index (χ2v) is 7.17. The van der Waals surface area contributed by atoms with E-state index in [1.807, 2.05) is 0 Å². The van der Waals surface area contributed by atoms with Crippen LogP contribution in [0, 0.1) is 6.92 Å². The second-order valence-electron chi connectivity index (χ2n) is 5.48. The first-order chi connectivity index (χ1) is 9.04. The zero-order valence-electron chi connectivity index (χ0n) is 12.1. The Kier molecular flexibility index (Phi) is 5.19. The van der Waals surface area contributed by atoms with Crippen LogP contribution in [0.25, 0.3) is 0 Å². The van der Waals surface area contributed by atoms with Crippen molar-refractivity contribution in [2.45, 2.75) is 39.9 Å². The fraction of sp³-hybridized carbons (Fsp3) is 0.714. The van der Waals surface area contributed by atoms with E-state index < -0.39 is 10.8 Å². The number of aryl methyl sites for hydroxylation is 1. The fourth-order valence-corrected chi connectivity index (χ4v) is 3.32. The highest BCUT2D eigenvalue weighted by atomic mass is 32.2. The van der Waals surface area contributed by atoms with Crippen molar-refractivity contribution in [3.63, 3.8) is 0 Å². The van der Waals surface area contributed by atoms with Crippen LogP contribution in [0.15, 0.2) is 10.5 Å². The zero-order chi connectivity index (χ0) is 13.8. The van der Waals surface area contributed by atoms with Crippen LogP contribution in [-0.2, 0) is 23.9 Å². The summed E-state index contributed by atoms with van der Waals surface area (Å²) in [5.74, 6) is 3.64. The molecule has 5 heteroatoms. The quantitative estimate of drug-likeness (QED) is 0.893. The molecule has 4 nitrogen and oxygen atoms in total. The first kappa shape index (κ1) is 14.8. The molecular weight excluding hydrogens is 260 g/mol. The molecule has 1 saturated heterocycles. The topological polar surface area (TPSA) is 45.5 Å². The Morgan fingerprint density at radius 3 is 2.74 bits per heavy atom. The van der Waals surface area contributed by atoms with Gasteiger partial charge in [-0.15, -0.1) is 0 Å². The molecule has 1 N–H and O–H groups in total. The molecule has 0 saturated carbocycles. The minimum atomic E-state index is -0.609. The molecule has 108 valence electrons. The van der Waals surface area contributed by atoms with Crippen LogP contribution >= 0.6 is 0 Å². The highest BCUT2D eigenvalue weighted by Crippen LogP contribution is 2.17. The summed E-state index contributed by atoms with van der Waals surface area (Å²) in [6, 6.07) is 2.59. The van der Waals surface area contributed by atoms with Crippen LogP contribution in [0.5, 0.6) is 0 Å². The van der Waals surface area contributed by atoms with E-state index in [4.69, 9.17) is 4.42 Å². The fourth-order valence-electron chi connectivity index (χ4n) is 2.19. The number of hydrogen-bond donors (Lipinski definition) is 1. The minimum Gasteiger partial charge on any atom is -0.463 e. The predicted octanol–water partition coefficient (Wildman–Crippen LogP) is 1.65. The molecule has 1 fully saturated rings. The molecule has 0 amide bonds. The van der Waals surface area contributed by atoms with E-state index in [0.29, 0.717) is 6.04 Å². The molecular formula is C14H24N2O2S.